The predicted molar refractivity (Wildman–Crippen MR) is 163 cm³/mol. The maximum atomic E-state index is 12.2. The standard InChI is InChI=1S/C24H29BrN2S.C7H7FO/c1-4-17(2)18-6-5-7-19(9-8-18)24-14-20(12-13-27(24)16-28)22-15-21(25)10-11-23(22)26-3;1-9-7-4-2-6(8)3-5-7/h5,7-11,14-17,24,26H,4,6,12-13H2,1-3H3;2-5H,1H3. The number of allylic oxidation sites excluding steroid dienone is 4. The number of nitrogens with one attached hydrogen (secondary N) is 1. The maximum Gasteiger partial charge on any atom is 0.123 e. The van der Waals surface area contributed by atoms with Crippen molar-refractivity contribution in [1.82, 2.24) is 4.90 Å². The van der Waals surface area contributed by atoms with Crippen molar-refractivity contribution in [3.8, 4) is 5.75 Å². The van der Waals surface area contributed by atoms with Gasteiger partial charge in [0.15, 0.2) is 0 Å². The highest BCUT2D eigenvalue weighted by atomic mass is 79.9. The first-order chi connectivity index (χ1) is 17.9. The van der Waals surface area contributed by atoms with Crippen LogP contribution in [0.2, 0.25) is 0 Å². The van der Waals surface area contributed by atoms with Crippen LogP contribution in [0.15, 0.2) is 88.5 Å². The summed E-state index contributed by atoms with van der Waals surface area (Å²) >= 11 is 8.97. The second-order valence-electron chi connectivity index (χ2n) is 9.15. The number of anilines is 1. The topological polar surface area (TPSA) is 24.5 Å². The monoisotopic (exact) mass is 582 g/mol. The number of halogens is 2. The van der Waals surface area contributed by atoms with E-state index in [0.29, 0.717) is 11.7 Å². The molecule has 0 saturated heterocycles. The Balaban J connectivity index is 0.000000356. The Morgan fingerprint density at radius 1 is 1.22 bits per heavy atom. The van der Waals surface area contributed by atoms with E-state index in [-0.39, 0.29) is 11.9 Å². The molecule has 2 aromatic carbocycles. The van der Waals surface area contributed by atoms with Crippen LogP contribution in [0.5, 0.6) is 5.75 Å². The summed E-state index contributed by atoms with van der Waals surface area (Å²) in [6, 6.07) is 12.5. The fraction of sp³-hybridized carbons (Fsp3) is 0.323. The Kier molecular flexibility index (Phi) is 11.2. The van der Waals surface area contributed by atoms with Crippen molar-refractivity contribution in [3.05, 3.63) is 99.8 Å². The van der Waals surface area contributed by atoms with Gasteiger partial charge >= 0.3 is 0 Å². The SMILES string of the molecule is CCC(C)C1=CC=C(C2C=C(c3cc(Br)ccc3NC)CCN2C=S)C=CC1.COc1ccc(F)cc1. The van der Waals surface area contributed by atoms with Crippen molar-refractivity contribution in [2.75, 3.05) is 26.0 Å². The molecule has 2 unspecified atom stereocenters. The van der Waals surface area contributed by atoms with E-state index in [1.165, 1.54) is 40.8 Å². The van der Waals surface area contributed by atoms with Gasteiger partial charge in [0, 0.05) is 29.3 Å². The molecule has 2 atom stereocenters. The van der Waals surface area contributed by atoms with Gasteiger partial charge in [-0.1, -0.05) is 77.9 Å². The summed E-state index contributed by atoms with van der Waals surface area (Å²) in [5.74, 6) is 1.06. The van der Waals surface area contributed by atoms with Crippen molar-refractivity contribution in [2.24, 2.45) is 5.92 Å². The molecule has 0 saturated carbocycles. The van der Waals surface area contributed by atoms with Crippen molar-refractivity contribution in [2.45, 2.75) is 39.2 Å². The van der Waals surface area contributed by atoms with Gasteiger partial charge in [0.25, 0.3) is 0 Å². The first-order valence-corrected chi connectivity index (χ1v) is 13.9. The molecule has 1 aliphatic carbocycles. The maximum absolute atomic E-state index is 12.2. The quantitative estimate of drug-likeness (QED) is 0.330. The van der Waals surface area contributed by atoms with Crippen LogP contribution in [0.3, 0.4) is 0 Å². The van der Waals surface area contributed by atoms with Crippen LogP contribution in [0.4, 0.5) is 10.1 Å². The third-order valence-electron chi connectivity index (χ3n) is 6.88. The molecule has 3 nitrogen and oxygen atoms in total. The molecular weight excluding hydrogens is 547 g/mol. The number of thiocarbonyl (C=S) groups is 1. The molecule has 2 aliphatic rings. The third-order valence-corrected chi connectivity index (χ3v) is 7.64. The Labute approximate surface area is 234 Å². The molecule has 0 radical (unpaired) electrons. The molecule has 0 aromatic heterocycles. The Bertz CT molecular complexity index is 1190. The van der Waals surface area contributed by atoms with Crippen LogP contribution in [-0.4, -0.2) is 37.1 Å². The van der Waals surface area contributed by atoms with E-state index in [4.69, 9.17) is 17.0 Å². The first kappa shape index (κ1) is 28.9. The normalized spacial score (nSPS) is 17.8. The van der Waals surface area contributed by atoms with Gasteiger partial charge in [-0.2, -0.15) is 0 Å². The lowest BCUT2D eigenvalue weighted by molar-refractivity contribution is 0.408. The van der Waals surface area contributed by atoms with Crippen LogP contribution in [0, 0.1) is 11.7 Å². The van der Waals surface area contributed by atoms with Gasteiger partial charge < -0.3 is 15.0 Å². The van der Waals surface area contributed by atoms with E-state index in [1.807, 2.05) is 12.5 Å². The lowest BCUT2D eigenvalue weighted by Gasteiger charge is -2.34. The average Bonchev–Trinajstić information content (AvgIpc) is 3.19. The Morgan fingerprint density at radius 3 is 2.62 bits per heavy atom. The zero-order chi connectivity index (χ0) is 26.8. The first-order valence-electron chi connectivity index (χ1n) is 12.7. The molecule has 37 heavy (non-hydrogen) atoms. The minimum Gasteiger partial charge on any atom is -0.497 e. The van der Waals surface area contributed by atoms with Crippen LogP contribution < -0.4 is 10.1 Å². The molecule has 4 rings (SSSR count). The van der Waals surface area contributed by atoms with Gasteiger partial charge in [-0.3, -0.25) is 0 Å². The van der Waals surface area contributed by atoms with Crippen molar-refractivity contribution >= 4 is 44.9 Å². The molecule has 1 heterocycles. The third kappa shape index (κ3) is 7.89. The highest BCUT2D eigenvalue weighted by Gasteiger charge is 2.24. The van der Waals surface area contributed by atoms with E-state index in [2.05, 4.69) is 88.6 Å². The van der Waals surface area contributed by atoms with E-state index < -0.39 is 0 Å². The highest BCUT2D eigenvalue weighted by Crippen LogP contribution is 2.34. The van der Waals surface area contributed by atoms with Gasteiger partial charge in [-0.15, -0.1) is 0 Å². The fourth-order valence-corrected chi connectivity index (χ4v) is 5.04. The van der Waals surface area contributed by atoms with Gasteiger partial charge in [0.1, 0.15) is 11.6 Å². The Morgan fingerprint density at radius 2 is 1.97 bits per heavy atom. The predicted octanol–water partition coefficient (Wildman–Crippen LogP) is 8.60. The Hall–Kier alpha value is -2.70. The van der Waals surface area contributed by atoms with Crippen LogP contribution in [0.25, 0.3) is 5.57 Å². The zero-order valence-corrected chi connectivity index (χ0v) is 24.4. The number of ether oxygens (including phenoxy) is 1. The summed E-state index contributed by atoms with van der Waals surface area (Å²) in [5, 5.41) is 3.33. The van der Waals surface area contributed by atoms with E-state index in [9.17, 15) is 4.39 Å². The summed E-state index contributed by atoms with van der Waals surface area (Å²) < 4.78 is 18.1. The smallest absolute Gasteiger partial charge is 0.123 e. The number of benzene rings is 2. The largest absolute Gasteiger partial charge is 0.497 e. The fourth-order valence-electron chi connectivity index (χ4n) is 4.44. The van der Waals surface area contributed by atoms with E-state index >= 15 is 0 Å². The summed E-state index contributed by atoms with van der Waals surface area (Å²) in [6.45, 7) is 5.50. The number of rotatable bonds is 7. The van der Waals surface area contributed by atoms with E-state index in [1.54, 1.807) is 19.2 Å². The molecule has 196 valence electrons. The molecule has 0 amide bonds. The van der Waals surface area contributed by atoms with Crippen molar-refractivity contribution < 1.29 is 9.13 Å². The number of methoxy groups -OCH3 is 1. The van der Waals surface area contributed by atoms with Crippen molar-refractivity contribution in [3.63, 3.8) is 0 Å². The lowest BCUT2D eigenvalue weighted by atomic mass is 9.91. The number of nitrogens with zero attached hydrogens (tertiary/aromatic N) is 1. The number of hydrogen-bond donors (Lipinski definition) is 1. The van der Waals surface area contributed by atoms with E-state index in [0.717, 1.165) is 29.5 Å². The second kappa shape index (κ2) is 14.3. The van der Waals surface area contributed by atoms with Crippen LogP contribution in [0.1, 0.15) is 38.7 Å². The minimum atomic E-state index is -0.240. The molecule has 0 spiro atoms. The van der Waals surface area contributed by atoms with Gasteiger partial charge in [0.05, 0.1) is 18.6 Å². The van der Waals surface area contributed by atoms with Crippen molar-refractivity contribution in [1.29, 1.82) is 0 Å². The summed E-state index contributed by atoms with van der Waals surface area (Å²) in [5.41, 5.74) is 8.42. The molecule has 0 fully saturated rings. The lowest BCUT2D eigenvalue weighted by Crippen LogP contribution is -2.37. The molecular formula is C31H36BrFN2OS. The second-order valence-corrected chi connectivity index (χ2v) is 10.3. The highest BCUT2D eigenvalue weighted by molar-refractivity contribution is 9.10. The van der Waals surface area contributed by atoms with Crippen LogP contribution >= 0.6 is 28.1 Å². The summed E-state index contributed by atoms with van der Waals surface area (Å²) in [7, 11) is 3.53. The van der Waals surface area contributed by atoms with Gasteiger partial charge in [-0.05, 0) is 78.8 Å². The number of hydrogen-bond acceptors (Lipinski definition) is 3. The van der Waals surface area contributed by atoms with Crippen LogP contribution in [-0.2, 0) is 0 Å². The molecule has 2 aromatic rings. The molecule has 0 bridgehead atoms. The molecule has 1 aliphatic heterocycles. The molecule has 6 heteroatoms. The average molecular weight is 584 g/mol. The molecule has 1 N–H and O–H groups in total. The van der Waals surface area contributed by atoms with Gasteiger partial charge in [0.2, 0.25) is 0 Å². The summed E-state index contributed by atoms with van der Waals surface area (Å²) in [4.78, 5) is 2.27. The zero-order valence-electron chi connectivity index (χ0n) is 22.0. The minimum absolute atomic E-state index is 0.175. The summed E-state index contributed by atoms with van der Waals surface area (Å²) in [6.07, 6.45) is 14.8. The van der Waals surface area contributed by atoms with Gasteiger partial charge in [-0.25, -0.2) is 4.39 Å².